The quantitative estimate of drug-likeness (QED) is 0.750. The Kier molecular flexibility index (Phi) is 5.43. The van der Waals surface area contributed by atoms with E-state index in [9.17, 15) is 9.90 Å². The summed E-state index contributed by atoms with van der Waals surface area (Å²) < 4.78 is 0. The molecule has 1 aliphatic carbocycles. The zero-order chi connectivity index (χ0) is 19.8. The second kappa shape index (κ2) is 7.47. The lowest BCUT2D eigenvalue weighted by Crippen LogP contribution is -2.38. The molecular weight excluding hydrogens is 338 g/mol. The van der Waals surface area contributed by atoms with Crippen LogP contribution >= 0.6 is 0 Å². The average Bonchev–Trinajstić information content (AvgIpc) is 2.56. The summed E-state index contributed by atoms with van der Waals surface area (Å²) in [5.41, 5.74) is 4.54. The Balaban J connectivity index is 1.96. The number of nitrogens with zero attached hydrogens (tertiary/aromatic N) is 1. The van der Waals surface area contributed by atoms with Crippen LogP contribution in [0.15, 0.2) is 18.2 Å². The van der Waals surface area contributed by atoms with E-state index in [1.165, 1.54) is 0 Å². The van der Waals surface area contributed by atoms with Crippen molar-refractivity contribution in [2.45, 2.75) is 59.0 Å². The van der Waals surface area contributed by atoms with Crippen molar-refractivity contribution in [3.63, 3.8) is 0 Å². The van der Waals surface area contributed by atoms with Gasteiger partial charge in [-0.25, -0.2) is 4.98 Å². The molecule has 27 heavy (non-hydrogen) atoms. The molecule has 3 N–H and O–H groups in total. The summed E-state index contributed by atoms with van der Waals surface area (Å²) in [5.74, 6) is 0.232. The van der Waals surface area contributed by atoms with E-state index in [1.807, 2.05) is 13.0 Å². The number of aromatic nitrogens is 1. The van der Waals surface area contributed by atoms with Gasteiger partial charge in [0.05, 0.1) is 11.6 Å². The molecule has 1 aromatic heterocycles. The fourth-order valence-electron chi connectivity index (χ4n) is 3.68. The van der Waals surface area contributed by atoms with E-state index in [-0.39, 0.29) is 17.4 Å². The van der Waals surface area contributed by atoms with Crippen LogP contribution in [0.3, 0.4) is 0 Å². The second-order valence-corrected chi connectivity index (χ2v) is 8.73. The molecule has 0 saturated heterocycles. The first-order valence-electron chi connectivity index (χ1n) is 9.85. The van der Waals surface area contributed by atoms with Gasteiger partial charge in [0, 0.05) is 24.2 Å². The van der Waals surface area contributed by atoms with E-state index >= 15 is 0 Å². The zero-order valence-corrected chi connectivity index (χ0v) is 17.0. The predicted molar refractivity (Wildman–Crippen MR) is 110 cm³/mol. The Hall–Kier alpha value is -2.14. The molecule has 1 heterocycles. The molecule has 1 amide bonds. The highest BCUT2D eigenvalue weighted by molar-refractivity contribution is 5.97. The molecule has 0 unspecified atom stereocenters. The summed E-state index contributed by atoms with van der Waals surface area (Å²) in [6, 6.07) is 6.14. The van der Waals surface area contributed by atoms with E-state index in [4.69, 9.17) is 4.98 Å². The van der Waals surface area contributed by atoms with Crippen LogP contribution < -0.4 is 10.6 Å². The van der Waals surface area contributed by atoms with Crippen LogP contribution in [0.25, 0.3) is 10.9 Å². The number of amides is 1. The molecule has 1 aliphatic rings. The molecule has 0 spiro atoms. The molecule has 0 atom stereocenters. The van der Waals surface area contributed by atoms with E-state index < -0.39 is 0 Å². The number of carbonyl (C=O) groups is 1. The van der Waals surface area contributed by atoms with E-state index in [1.54, 1.807) is 0 Å². The minimum absolute atomic E-state index is 0.0830. The lowest BCUT2D eigenvalue weighted by atomic mass is 9.82. The van der Waals surface area contributed by atoms with Crippen LogP contribution in [-0.2, 0) is 5.41 Å². The highest BCUT2D eigenvalue weighted by Crippen LogP contribution is 2.34. The summed E-state index contributed by atoms with van der Waals surface area (Å²) >= 11 is 0. The summed E-state index contributed by atoms with van der Waals surface area (Å²) in [6.07, 6.45) is 1.34. The van der Waals surface area contributed by atoms with Crippen molar-refractivity contribution in [1.82, 2.24) is 10.3 Å². The van der Waals surface area contributed by atoms with Gasteiger partial charge in [-0.1, -0.05) is 20.8 Å². The van der Waals surface area contributed by atoms with Gasteiger partial charge in [-0.15, -0.1) is 0 Å². The number of carbonyl (C=O) groups excluding carboxylic acids is 1. The lowest BCUT2D eigenvalue weighted by molar-refractivity contribution is 0.0420. The third kappa shape index (κ3) is 4.24. The Morgan fingerprint density at radius 3 is 2.56 bits per heavy atom. The minimum Gasteiger partial charge on any atom is -0.393 e. The summed E-state index contributed by atoms with van der Waals surface area (Å²) in [4.78, 5) is 17.4. The number of aliphatic hydroxyl groups is 1. The highest BCUT2D eigenvalue weighted by Gasteiger charge is 2.27. The fourth-order valence-corrected chi connectivity index (χ4v) is 3.68. The largest absolute Gasteiger partial charge is 0.393 e. The first kappa shape index (κ1) is 19.6. The minimum atomic E-state index is -0.201. The van der Waals surface area contributed by atoms with Crippen LogP contribution in [0.2, 0.25) is 0 Å². The number of fused-ring (bicyclic) bond motifs is 1. The van der Waals surface area contributed by atoms with Gasteiger partial charge in [-0.2, -0.15) is 0 Å². The summed E-state index contributed by atoms with van der Waals surface area (Å²) in [6.45, 7) is 12.1. The number of anilines is 1. The Bertz CT molecular complexity index is 849. The second-order valence-electron chi connectivity index (χ2n) is 8.73. The van der Waals surface area contributed by atoms with E-state index in [2.05, 4.69) is 50.5 Å². The normalized spacial score (nSPS) is 19.6. The van der Waals surface area contributed by atoms with Gasteiger partial charge in [-0.3, -0.25) is 4.79 Å². The maximum atomic E-state index is 12.6. The maximum absolute atomic E-state index is 12.6. The number of aliphatic hydroxyl groups excluding tert-OH is 1. The van der Waals surface area contributed by atoms with Crippen molar-refractivity contribution < 1.29 is 9.90 Å². The van der Waals surface area contributed by atoms with Gasteiger partial charge in [0.15, 0.2) is 0 Å². The Morgan fingerprint density at radius 2 is 1.96 bits per heavy atom. The third-order valence-corrected chi connectivity index (χ3v) is 5.30. The standard InChI is InChI=1S/C22H31N3O2/c1-6-23-15-10-17-13(2)7-19(21(27)24-12-14-8-16(26)9-14)25-20(17)18(11-15)22(3,4)5/h7,10-11,14,16,23,26H,6,8-9,12H2,1-5H3,(H,24,27). The lowest BCUT2D eigenvalue weighted by Gasteiger charge is -2.31. The van der Waals surface area contributed by atoms with Crippen molar-refractivity contribution in [2.75, 3.05) is 18.4 Å². The molecule has 2 aromatic rings. The monoisotopic (exact) mass is 369 g/mol. The van der Waals surface area contributed by atoms with Crippen molar-refractivity contribution in [2.24, 2.45) is 5.92 Å². The first-order valence-corrected chi connectivity index (χ1v) is 9.85. The van der Waals surface area contributed by atoms with Gasteiger partial charge < -0.3 is 15.7 Å². The Labute approximate surface area is 161 Å². The SMILES string of the molecule is CCNc1cc(C(C)(C)C)c2nc(C(=O)NCC3CC(O)C3)cc(C)c2c1. The smallest absolute Gasteiger partial charge is 0.269 e. The number of hydrogen-bond acceptors (Lipinski definition) is 4. The molecule has 3 rings (SSSR count). The molecule has 0 bridgehead atoms. The van der Waals surface area contributed by atoms with Crippen molar-refractivity contribution in [1.29, 1.82) is 0 Å². The van der Waals surface area contributed by atoms with Crippen LogP contribution in [0.4, 0.5) is 5.69 Å². The highest BCUT2D eigenvalue weighted by atomic mass is 16.3. The van der Waals surface area contributed by atoms with Crippen molar-refractivity contribution in [3.05, 3.63) is 35.0 Å². The molecule has 0 aliphatic heterocycles. The van der Waals surface area contributed by atoms with Crippen LogP contribution in [0.5, 0.6) is 0 Å². The average molecular weight is 370 g/mol. The molecular formula is C22H31N3O2. The molecule has 5 nitrogen and oxygen atoms in total. The summed E-state index contributed by atoms with van der Waals surface area (Å²) in [5, 5.41) is 16.8. The van der Waals surface area contributed by atoms with Gasteiger partial charge in [-0.05, 0) is 67.3 Å². The van der Waals surface area contributed by atoms with E-state index in [0.717, 1.165) is 47.1 Å². The third-order valence-electron chi connectivity index (χ3n) is 5.30. The van der Waals surface area contributed by atoms with Gasteiger partial charge in [0.1, 0.15) is 5.69 Å². The van der Waals surface area contributed by atoms with Crippen molar-refractivity contribution >= 4 is 22.5 Å². The van der Waals surface area contributed by atoms with Crippen LogP contribution in [0, 0.1) is 12.8 Å². The number of hydrogen-bond donors (Lipinski definition) is 3. The van der Waals surface area contributed by atoms with Crippen molar-refractivity contribution in [3.8, 4) is 0 Å². The molecule has 5 heteroatoms. The zero-order valence-electron chi connectivity index (χ0n) is 17.0. The van der Waals surface area contributed by atoms with Crippen LogP contribution in [-0.4, -0.2) is 35.2 Å². The predicted octanol–water partition coefficient (Wildman–Crippen LogP) is 3.77. The molecule has 1 aromatic carbocycles. The van der Waals surface area contributed by atoms with Gasteiger partial charge >= 0.3 is 0 Å². The molecule has 146 valence electrons. The van der Waals surface area contributed by atoms with Crippen LogP contribution in [0.1, 0.15) is 62.2 Å². The number of nitrogens with one attached hydrogen (secondary N) is 2. The Morgan fingerprint density at radius 1 is 1.26 bits per heavy atom. The molecule has 1 fully saturated rings. The topological polar surface area (TPSA) is 74.2 Å². The number of rotatable bonds is 5. The summed E-state index contributed by atoms with van der Waals surface area (Å²) in [7, 11) is 0. The first-order chi connectivity index (χ1) is 12.7. The van der Waals surface area contributed by atoms with Gasteiger partial charge in [0.25, 0.3) is 5.91 Å². The van der Waals surface area contributed by atoms with Gasteiger partial charge in [0.2, 0.25) is 0 Å². The number of benzene rings is 1. The number of pyridine rings is 1. The van der Waals surface area contributed by atoms with E-state index in [0.29, 0.717) is 18.2 Å². The number of aryl methyl sites for hydroxylation is 1. The molecule has 0 radical (unpaired) electrons. The molecule has 1 saturated carbocycles. The fraction of sp³-hybridized carbons (Fsp3) is 0.545. The maximum Gasteiger partial charge on any atom is 0.269 e.